The predicted octanol–water partition coefficient (Wildman–Crippen LogP) is 2.16. The summed E-state index contributed by atoms with van der Waals surface area (Å²) in [6.45, 7) is 0.439. The van der Waals surface area contributed by atoms with Crippen LogP contribution in [0, 0.1) is 0 Å². The van der Waals surface area contributed by atoms with Crippen LogP contribution in [0.4, 0.5) is 0 Å². The first kappa shape index (κ1) is 17.9. The second-order valence-corrected chi connectivity index (χ2v) is 6.41. The first-order valence-corrected chi connectivity index (χ1v) is 8.64. The molecule has 0 unspecified atom stereocenters. The molecule has 5 nitrogen and oxygen atoms in total. The Kier molecular flexibility index (Phi) is 5.49. The average Bonchev–Trinajstić information content (AvgIpc) is 2.68. The molecule has 0 bridgehead atoms. The van der Waals surface area contributed by atoms with Crippen molar-refractivity contribution in [1.82, 2.24) is 14.5 Å². The summed E-state index contributed by atoms with van der Waals surface area (Å²) in [5, 5.41) is 3.51. The predicted molar refractivity (Wildman–Crippen MR) is 103 cm³/mol. The third kappa shape index (κ3) is 4.00. The minimum atomic E-state index is -0.311. The van der Waals surface area contributed by atoms with E-state index in [4.69, 9.17) is 0 Å². The van der Waals surface area contributed by atoms with E-state index in [1.165, 1.54) is 28.8 Å². The highest BCUT2D eigenvalue weighted by molar-refractivity contribution is 5.24. The Bertz CT molecular complexity index is 976. The number of hydrogen-bond donors (Lipinski definition) is 1. The maximum atomic E-state index is 12.1. The lowest BCUT2D eigenvalue weighted by Crippen LogP contribution is -2.39. The smallest absolute Gasteiger partial charge is 0.304 e. The Morgan fingerprint density at radius 1 is 0.885 bits per heavy atom. The van der Waals surface area contributed by atoms with Crippen LogP contribution in [0.2, 0.25) is 0 Å². The zero-order valence-electron chi connectivity index (χ0n) is 15.1. The minimum absolute atomic E-state index is 0.0813. The summed E-state index contributed by atoms with van der Waals surface area (Å²) in [6.07, 6.45) is 0.823. The molecule has 0 aliphatic heterocycles. The molecule has 1 aromatic heterocycles. The van der Waals surface area contributed by atoms with E-state index in [9.17, 15) is 9.59 Å². The van der Waals surface area contributed by atoms with Crippen molar-refractivity contribution in [2.45, 2.75) is 19.0 Å². The van der Waals surface area contributed by atoms with Crippen molar-refractivity contribution in [3.63, 3.8) is 0 Å². The van der Waals surface area contributed by atoms with Gasteiger partial charge in [0.05, 0.1) is 0 Å². The topological polar surface area (TPSA) is 56.0 Å². The number of benzene rings is 2. The zero-order valence-corrected chi connectivity index (χ0v) is 15.1. The number of aromatic nitrogens is 2. The van der Waals surface area contributed by atoms with E-state index in [0.29, 0.717) is 12.2 Å². The average molecular weight is 349 g/mol. The van der Waals surface area contributed by atoms with Gasteiger partial charge in [-0.15, -0.1) is 0 Å². The molecule has 0 amide bonds. The van der Waals surface area contributed by atoms with Gasteiger partial charge in [0.15, 0.2) is 0 Å². The monoisotopic (exact) mass is 349 g/mol. The van der Waals surface area contributed by atoms with Gasteiger partial charge in [0.2, 0.25) is 0 Å². The van der Waals surface area contributed by atoms with Crippen LogP contribution in [0.15, 0.2) is 76.3 Å². The van der Waals surface area contributed by atoms with Crippen LogP contribution in [-0.4, -0.2) is 9.13 Å². The minimum Gasteiger partial charge on any atom is -0.304 e. The zero-order chi connectivity index (χ0) is 18.5. The lowest BCUT2D eigenvalue weighted by molar-refractivity contribution is 0.508. The fourth-order valence-corrected chi connectivity index (χ4v) is 3.02. The summed E-state index contributed by atoms with van der Waals surface area (Å²) in [4.78, 5) is 24.1. The van der Waals surface area contributed by atoms with Crippen LogP contribution in [0.1, 0.15) is 22.9 Å². The van der Waals surface area contributed by atoms with Gasteiger partial charge in [-0.25, -0.2) is 4.79 Å². The van der Waals surface area contributed by atoms with Crippen LogP contribution in [-0.2, 0) is 27.1 Å². The van der Waals surface area contributed by atoms with Gasteiger partial charge in [-0.1, -0.05) is 60.7 Å². The Hall–Kier alpha value is -2.92. The fourth-order valence-electron chi connectivity index (χ4n) is 3.02. The molecular weight excluding hydrogens is 326 g/mol. The van der Waals surface area contributed by atoms with Gasteiger partial charge < -0.3 is 5.32 Å². The Balaban J connectivity index is 1.85. The van der Waals surface area contributed by atoms with E-state index in [1.54, 1.807) is 7.05 Å². The van der Waals surface area contributed by atoms with Crippen molar-refractivity contribution in [1.29, 1.82) is 0 Å². The summed E-state index contributed by atoms with van der Waals surface area (Å²) in [5.74, 6) is 0. The maximum Gasteiger partial charge on any atom is 0.330 e. The van der Waals surface area contributed by atoms with Gasteiger partial charge in [0, 0.05) is 38.4 Å². The first-order chi connectivity index (χ1) is 12.6. The molecule has 0 spiro atoms. The van der Waals surface area contributed by atoms with E-state index in [1.807, 2.05) is 36.4 Å². The standard InChI is InChI=1S/C21H23N3O2/c1-23-18(14-20(25)24(2)21(23)26)15-22-19(17-11-7-4-8-12-17)13-16-9-5-3-6-10-16/h3-12,14,19,22H,13,15H2,1-2H3/t19-/m1/s1. The molecule has 1 atom stereocenters. The third-order valence-electron chi connectivity index (χ3n) is 4.64. The Morgan fingerprint density at radius 3 is 2.15 bits per heavy atom. The SMILES string of the molecule is Cn1c(CN[C@H](Cc2ccccc2)c2ccccc2)cc(=O)n(C)c1=O. The van der Waals surface area contributed by atoms with Crippen LogP contribution in [0.25, 0.3) is 0 Å². The summed E-state index contributed by atoms with van der Waals surface area (Å²) in [5.41, 5.74) is 2.47. The lowest BCUT2D eigenvalue weighted by Gasteiger charge is -2.20. The van der Waals surface area contributed by atoms with Gasteiger partial charge in [-0.3, -0.25) is 13.9 Å². The molecule has 0 saturated carbocycles. The van der Waals surface area contributed by atoms with E-state index in [0.717, 1.165) is 11.0 Å². The van der Waals surface area contributed by atoms with Crippen molar-refractivity contribution < 1.29 is 0 Å². The molecule has 1 N–H and O–H groups in total. The van der Waals surface area contributed by atoms with E-state index < -0.39 is 0 Å². The summed E-state index contributed by atoms with van der Waals surface area (Å²) in [7, 11) is 3.18. The van der Waals surface area contributed by atoms with Crippen LogP contribution in [0.5, 0.6) is 0 Å². The second-order valence-electron chi connectivity index (χ2n) is 6.41. The molecule has 2 aromatic carbocycles. The molecule has 0 aliphatic rings. The summed E-state index contributed by atoms with van der Waals surface area (Å²) < 4.78 is 2.63. The molecule has 26 heavy (non-hydrogen) atoms. The number of rotatable bonds is 6. The highest BCUT2D eigenvalue weighted by Gasteiger charge is 2.13. The molecule has 0 saturated heterocycles. The molecule has 0 aliphatic carbocycles. The number of hydrogen-bond acceptors (Lipinski definition) is 3. The van der Waals surface area contributed by atoms with Gasteiger partial charge in [-0.2, -0.15) is 0 Å². The molecule has 134 valence electrons. The van der Waals surface area contributed by atoms with Crippen molar-refractivity contribution in [2.24, 2.45) is 14.1 Å². The van der Waals surface area contributed by atoms with Gasteiger partial charge in [0.1, 0.15) is 0 Å². The Labute approximate surface area is 152 Å². The van der Waals surface area contributed by atoms with Crippen LogP contribution < -0.4 is 16.6 Å². The number of nitrogens with zero attached hydrogens (tertiary/aromatic N) is 2. The van der Waals surface area contributed by atoms with Crippen molar-refractivity contribution in [3.05, 3.63) is 104 Å². The van der Waals surface area contributed by atoms with Crippen LogP contribution >= 0.6 is 0 Å². The molecule has 3 aromatic rings. The largest absolute Gasteiger partial charge is 0.330 e. The van der Waals surface area contributed by atoms with Crippen molar-refractivity contribution in [2.75, 3.05) is 0 Å². The quantitative estimate of drug-likeness (QED) is 0.742. The third-order valence-corrected chi connectivity index (χ3v) is 4.64. The first-order valence-electron chi connectivity index (χ1n) is 8.64. The van der Waals surface area contributed by atoms with E-state index in [-0.39, 0.29) is 17.3 Å². The summed E-state index contributed by atoms with van der Waals surface area (Å²) in [6, 6.07) is 22.1. The van der Waals surface area contributed by atoms with E-state index >= 15 is 0 Å². The molecule has 1 heterocycles. The maximum absolute atomic E-state index is 12.1. The van der Waals surface area contributed by atoms with Crippen molar-refractivity contribution >= 4 is 0 Å². The normalized spacial score (nSPS) is 12.1. The number of nitrogens with one attached hydrogen (secondary N) is 1. The molecule has 0 fully saturated rings. The van der Waals surface area contributed by atoms with Crippen molar-refractivity contribution in [3.8, 4) is 0 Å². The highest BCUT2D eigenvalue weighted by Crippen LogP contribution is 2.18. The van der Waals surface area contributed by atoms with E-state index in [2.05, 4.69) is 29.6 Å². The lowest BCUT2D eigenvalue weighted by atomic mass is 9.99. The molecule has 0 radical (unpaired) electrons. The second kappa shape index (κ2) is 7.97. The van der Waals surface area contributed by atoms with Crippen LogP contribution in [0.3, 0.4) is 0 Å². The highest BCUT2D eigenvalue weighted by atomic mass is 16.2. The Morgan fingerprint density at radius 2 is 1.50 bits per heavy atom. The van der Waals surface area contributed by atoms with Gasteiger partial charge in [-0.05, 0) is 17.5 Å². The van der Waals surface area contributed by atoms with Gasteiger partial charge in [0.25, 0.3) is 5.56 Å². The molecule has 5 heteroatoms. The fraction of sp³-hybridized carbons (Fsp3) is 0.238. The molecular formula is C21H23N3O2. The summed E-state index contributed by atoms with van der Waals surface area (Å²) >= 11 is 0. The molecule has 3 rings (SSSR count). The van der Waals surface area contributed by atoms with Gasteiger partial charge >= 0.3 is 5.69 Å².